The van der Waals surface area contributed by atoms with Crippen molar-refractivity contribution >= 4 is 0 Å². The van der Waals surface area contributed by atoms with Gasteiger partial charge in [-0.2, -0.15) is 0 Å². The van der Waals surface area contributed by atoms with E-state index in [1.807, 2.05) is 121 Å². The maximum Gasteiger partial charge on any atom is 0.164 e. The average Bonchev–Trinajstić information content (AvgIpc) is 3.51. The first-order chi connectivity index (χ1) is 36.9. The lowest BCUT2D eigenvalue weighted by Gasteiger charge is -2.31. The van der Waals surface area contributed by atoms with Crippen LogP contribution in [0.3, 0.4) is 0 Å². The maximum absolute atomic E-state index is 5.02. The molecule has 0 unspecified atom stereocenters. The molecule has 12 rings (SSSR count). The van der Waals surface area contributed by atoms with Crippen molar-refractivity contribution in [1.29, 1.82) is 0 Å². The summed E-state index contributed by atoms with van der Waals surface area (Å²) in [7, 11) is 0. The highest BCUT2D eigenvalue weighted by molar-refractivity contribution is 5.82. The number of aromatic nitrogens is 6. The summed E-state index contributed by atoms with van der Waals surface area (Å²) in [6, 6.07) is 92.8. The molecule has 0 aliphatic carbocycles. The molecule has 0 aliphatic heterocycles. The fourth-order valence-corrected chi connectivity index (χ4v) is 9.99. The van der Waals surface area contributed by atoms with Crippen molar-refractivity contribution in [3.63, 3.8) is 0 Å². The van der Waals surface area contributed by atoms with Crippen LogP contribution < -0.4 is 0 Å². The minimum absolute atomic E-state index is 0.393. The zero-order valence-electron chi connectivity index (χ0n) is 41.6. The molecule has 0 aliphatic rings. The maximum atomic E-state index is 5.02. The highest BCUT2D eigenvalue weighted by Crippen LogP contribution is 2.43. The Labute approximate surface area is 437 Å². The number of benzene rings is 10. The van der Waals surface area contributed by atoms with Crippen LogP contribution in [0.15, 0.2) is 267 Å². The molecule has 0 atom stereocenters. The summed E-state index contributed by atoms with van der Waals surface area (Å²) in [5, 5.41) is 0. The van der Waals surface area contributed by atoms with Gasteiger partial charge in [0.2, 0.25) is 0 Å². The largest absolute Gasteiger partial charge is 0.208 e. The Morgan fingerprint density at radius 1 is 0.200 bits per heavy atom. The molecule has 6 heteroatoms. The lowest BCUT2D eigenvalue weighted by Crippen LogP contribution is -2.21. The van der Waals surface area contributed by atoms with E-state index in [0.29, 0.717) is 34.9 Å². The van der Waals surface area contributed by atoms with E-state index in [0.717, 1.165) is 66.8 Å². The summed E-state index contributed by atoms with van der Waals surface area (Å²) in [6.45, 7) is 4.69. The molecule has 0 saturated carbocycles. The van der Waals surface area contributed by atoms with Gasteiger partial charge in [-0.05, 0) is 79.9 Å². The van der Waals surface area contributed by atoms with E-state index in [2.05, 4.69) is 159 Å². The molecule has 0 radical (unpaired) electrons. The van der Waals surface area contributed by atoms with Crippen LogP contribution >= 0.6 is 0 Å². The van der Waals surface area contributed by atoms with Gasteiger partial charge in [0.25, 0.3) is 0 Å². The van der Waals surface area contributed by atoms with E-state index >= 15 is 0 Å². The number of hydrogen-bond donors (Lipinski definition) is 0. The van der Waals surface area contributed by atoms with Crippen LogP contribution in [0, 0.1) is 0 Å². The van der Waals surface area contributed by atoms with Crippen molar-refractivity contribution < 1.29 is 0 Å². The van der Waals surface area contributed by atoms with Crippen molar-refractivity contribution in [3.05, 3.63) is 278 Å². The van der Waals surface area contributed by atoms with Gasteiger partial charge in [0.15, 0.2) is 34.9 Å². The molecule has 6 nitrogen and oxygen atoms in total. The summed E-state index contributed by atoms with van der Waals surface area (Å²) in [6.07, 6.45) is 0. The zero-order valence-corrected chi connectivity index (χ0v) is 41.6. The van der Waals surface area contributed by atoms with Gasteiger partial charge in [-0.25, -0.2) is 29.9 Å². The highest BCUT2D eigenvalue weighted by Gasteiger charge is 2.29. The fourth-order valence-electron chi connectivity index (χ4n) is 9.99. The molecule has 0 fully saturated rings. The van der Waals surface area contributed by atoms with Crippen molar-refractivity contribution in [1.82, 2.24) is 29.9 Å². The Hall–Kier alpha value is -9.78. The zero-order chi connectivity index (χ0) is 50.6. The van der Waals surface area contributed by atoms with Crippen LogP contribution in [-0.4, -0.2) is 29.9 Å². The quantitative estimate of drug-likeness (QED) is 0.121. The first-order valence-corrected chi connectivity index (χ1v) is 25.3. The van der Waals surface area contributed by atoms with E-state index in [9.17, 15) is 0 Å². The Bertz CT molecular complexity index is 3600. The van der Waals surface area contributed by atoms with Crippen LogP contribution in [0.1, 0.15) is 25.0 Å². The van der Waals surface area contributed by atoms with E-state index in [4.69, 9.17) is 29.9 Å². The standard InChI is InChI=1S/C69H50N6/c1-69(2,61-41-17-15-39-59(61)55-35-19-31-51(43-55)53-33-21-37-57(45-53)67-72-63(47-23-7-3-8-24-47)70-64(73-67)48-25-9-4-10-26-48)62-42-18-16-40-60(62)56-36-20-32-52(44-56)54-34-22-38-58(46-54)68-74-65(49-27-11-5-12-28-49)71-66(75-68)50-29-13-6-14-30-50/h3-46H,1-2H3. The Balaban J connectivity index is 0.868. The smallest absolute Gasteiger partial charge is 0.164 e. The van der Waals surface area contributed by atoms with Crippen molar-refractivity contribution in [3.8, 4) is 113 Å². The predicted molar refractivity (Wildman–Crippen MR) is 306 cm³/mol. The lowest BCUT2D eigenvalue weighted by atomic mass is 9.72. The van der Waals surface area contributed by atoms with Gasteiger partial charge >= 0.3 is 0 Å². The summed E-state index contributed by atoms with van der Waals surface area (Å²) in [5.41, 5.74) is 16.7. The van der Waals surface area contributed by atoms with Crippen LogP contribution in [0.2, 0.25) is 0 Å². The predicted octanol–water partition coefficient (Wildman–Crippen LogP) is 17.1. The van der Waals surface area contributed by atoms with Crippen molar-refractivity contribution in [2.75, 3.05) is 0 Å². The van der Waals surface area contributed by atoms with Gasteiger partial charge in [0, 0.05) is 38.8 Å². The van der Waals surface area contributed by atoms with Gasteiger partial charge in [-0.15, -0.1) is 0 Å². The second kappa shape index (κ2) is 20.4. The molecule has 0 N–H and O–H groups in total. The summed E-state index contributed by atoms with van der Waals surface area (Å²) in [5.74, 6) is 3.80. The van der Waals surface area contributed by atoms with Crippen molar-refractivity contribution in [2.24, 2.45) is 0 Å². The molecule has 0 bridgehead atoms. The second-order valence-corrected chi connectivity index (χ2v) is 19.1. The third-order valence-corrected chi connectivity index (χ3v) is 13.9. The number of rotatable bonds is 12. The summed E-state index contributed by atoms with van der Waals surface area (Å²) >= 11 is 0. The Kier molecular flexibility index (Phi) is 12.6. The average molecular weight is 963 g/mol. The van der Waals surface area contributed by atoms with E-state index < -0.39 is 5.41 Å². The normalized spacial score (nSPS) is 11.3. The van der Waals surface area contributed by atoms with Gasteiger partial charge in [-0.1, -0.05) is 257 Å². The topological polar surface area (TPSA) is 77.3 Å². The van der Waals surface area contributed by atoms with E-state index in [1.165, 1.54) is 22.3 Å². The van der Waals surface area contributed by atoms with Crippen LogP contribution in [0.25, 0.3) is 113 Å². The molecule has 2 heterocycles. The molecule has 10 aromatic carbocycles. The summed E-state index contributed by atoms with van der Waals surface area (Å²) < 4.78 is 0. The molecule has 2 aromatic heterocycles. The fraction of sp³-hybridized carbons (Fsp3) is 0.0435. The molecule has 0 amide bonds. The molecule has 75 heavy (non-hydrogen) atoms. The monoisotopic (exact) mass is 962 g/mol. The van der Waals surface area contributed by atoms with Gasteiger partial charge in [0.05, 0.1) is 0 Å². The van der Waals surface area contributed by atoms with Gasteiger partial charge in [-0.3, -0.25) is 0 Å². The van der Waals surface area contributed by atoms with E-state index in [1.54, 1.807) is 0 Å². The van der Waals surface area contributed by atoms with Gasteiger partial charge < -0.3 is 0 Å². The van der Waals surface area contributed by atoms with Crippen LogP contribution in [0.4, 0.5) is 0 Å². The first-order valence-electron chi connectivity index (χ1n) is 25.3. The van der Waals surface area contributed by atoms with Crippen LogP contribution in [-0.2, 0) is 5.41 Å². The van der Waals surface area contributed by atoms with Crippen molar-refractivity contribution in [2.45, 2.75) is 19.3 Å². The van der Waals surface area contributed by atoms with E-state index in [-0.39, 0.29) is 0 Å². The summed E-state index contributed by atoms with van der Waals surface area (Å²) in [4.78, 5) is 29.9. The number of hydrogen-bond acceptors (Lipinski definition) is 6. The second-order valence-electron chi connectivity index (χ2n) is 19.1. The first kappa shape index (κ1) is 46.3. The third-order valence-electron chi connectivity index (χ3n) is 13.9. The molecular formula is C69H50N6. The number of nitrogens with zero attached hydrogens (tertiary/aromatic N) is 6. The highest BCUT2D eigenvalue weighted by atomic mass is 15.0. The molecule has 12 aromatic rings. The minimum atomic E-state index is -0.393. The lowest BCUT2D eigenvalue weighted by molar-refractivity contribution is 0.644. The van der Waals surface area contributed by atoms with Gasteiger partial charge in [0.1, 0.15) is 0 Å². The van der Waals surface area contributed by atoms with Crippen LogP contribution in [0.5, 0.6) is 0 Å². The minimum Gasteiger partial charge on any atom is -0.208 e. The molecule has 0 spiro atoms. The Morgan fingerprint density at radius 3 is 0.720 bits per heavy atom. The molecule has 356 valence electrons. The molecule has 0 saturated heterocycles. The third kappa shape index (κ3) is 9.68. The SMILES string of the molecule is CC(C)(c1ccccc1-c1cccc(-c2cccc(-c3nc(-c4ccccc4)nc(-c4ccccc4)n3)c2)c1)c1ccccc1-c1cccc(-c2cccc(-c3nc(-c4ccccc4)nc(-c4ccccc4)n3)c2)c1. The Morgan fingerprint density at radius 2 is 0.413 bits per heavy atom. The molecular weight excluding hydrogens is 913 g/mol.